The Labute approximate surface area is 157 Å². The number of sulfone groups is 1. The van der Waals surface area contributed by atoms with E-state index in [-0.39, 0.29) is 6.04 Å². The highest BCUT2D eigenvalue weighted by Gasteiger charge is 2.11. The Morgan fingerprint density at radius 3 is 2.44 bits per heavy atom. The molecule has 2 aromatic carbocycles. The summed E-state index contributed by atoms with van der Waals surface area (Å²) in [6.07, 6.45) is 1.19. The minimum absolute atomic E-state index is 0.0286. The Morgan fingerprint density at radius 2 is 1.81 bits per heavy atom. The molecule has 1 aromatic heterocycles. The molecular formula is C20H21NO5S. The molecule has 3 rings (SSSR count). The lowest BCUT2D eigenvalue weighted by molar-refractivity contribution is 0.414. The second-order valence-corrected chi connectivity index (χ2v) is 8.41. The molecule has 142 valence electrons. The van der Waals surface area contributed by atoms with E-state index >= 15 is 0 Å². The first-order chi connectivity index (χ1) is 12.8. The zero-order valence-corrected chi connectivity index (χ0v) is 16.2. The van der Waals surface area contributed by atoms with Gasteiger partial charge in [-0.1, -0.05) is 12.1 Å². The third kappa shape index (κ3) is 4.37. The summed E-state index contributed by atoms with van der Waals surface area (Å²) in [4.78, 5) is 12.1. The number of rotatable bonds is 6. The van der Waals surface area contributed by atoms with Gasteiger partial charge in [-0.05, 0) is 42.3 Å². The van der Waals surface area contributed by atoms with E-state index in [1.165, 1.54) is 12.3 Å². The van der Waals surface area contributed by atoms with Gasteiger partial charge in [-0.2, -0.15) is 0 Å². The van der Waals surface area contributed by atoms with Crippen molar-refractivity contribution in [2.75, 3.05) is 13.4 Å². The van der Waals surface area contributed by atoms with E-state index < -0.39 is 15.5 Å². The summed E-state index contributed by atoms with van der Waals surface area (Å²) in [5.74, 6) is 0.620. The van der Waals surface area contributed by atoms with E-state index in [9.17, 15) is 13.2 Å². The van der Waals surface area contributed by atoms with Gasteiger partial charge in [0.15, 0.2) is 9.84 Å². The number of fused-ring (bicyclic) bond motifs is 1. The zero-order valence-electron chi connectivity index (χ0n) is 15.4. The molecule has 27 heavy (non-hydrogen) atoms. The molecule has 0 saturated carbocycles. The van der Waals surface area contributed by atoms with Crippen molar-refractivity contribution in [1.29, 1.82) is 0 Å². The third-order valence-corrected chi connectivity index (χ3v) is 5.57. The SMILES string of the molecule is COc1ccc2c(CN[C@@H](C)c3ccc(S(C)(=O)=O)cc3)cc(=O)oc2c1. The Morgan fingerprint density at radius 1 is 1.11 bits per heavy atom. The summed E-state index contributed by atoms with van der Waals surface area (Å²) < 4.78 is 33.6. The Bertz CT molecular complexity index is 1120. The highest BCUT2D eigenvalue weighted by atomic mass is 32.2. The van der Waals surface area contributed by atoms with Crippen molar-refractivity contribution in [3.8, 4) is 5.75 Å². The maximum atomic E-state index is 11.9. The van der Waals surface area contributed by atoms with Crippen molar-refractivity contribution < 1.29 is 17.6 Å². The maximum Gasteiger partial charge on any atom is 0.336 e. The average molecular weight is 387 g/mol. The zero-order chi connectivity index (χ0) is 19.6. The van der Waals surface area contributed by atoms with E-state index in [4.69, 9.17) is 9.15 Å². The fraction of sp³-hybridized carbons (Fsp3) is 0.250. The largest absolute Gasteiger partial charge is 0.497 e. The van der Waals surface area contributed by atoms with Gasteiger partial charge in [0.2, 0.25) is 0 Å². The predicted octanol–water partition coefficient (Wildman–Crippen LogP) is 3.06. The van der Waals surface area contributed by atoms with Crippen molar-refractivity contribution >= 4 is 20.8 Å². The van der Waals surface area contributed by atoms with Crippen LogP contribution in [0.1, 0.15) is 24.1 Å². The predicted molar refractivity (Wildman–Crippen MR) is 104 cm³/mol. The van der Waals surface area contributed by atoms with Crippen LogP contribution in [0, 0.1) is 0 Å². The molecular weight excluding hydrogens is 366 g/mol. The van der Waals surface area contributed by atoms with Gasteiger partial charge in [-0.3, -0.25) is 0 Å². The lowest BCUT2D eigenvalue weighted by Crippen LogP contribution is -2.19. The highest BCUT2D eigenvalue weighted by molar-refractivity contribution is 7.90. The van der Waals surface area contributed by atoms with E-state index in [2.05, 4.69) is 5.32 Å². The van der Waals surface area contributed by atoms with Crippen LogP contribution in [0.25, 0.3) is 11.0 Å². The lowest BCUT2D eigenvalue weighted by Gasteiger charge is -2.15. The first-order valence-electron chi connectivity index (χ1n) is 8.42. The monoisotopic (exact) mass is 387 g/mol. The van der Waals surface area contributed by atoms with Crippen LogP contribution in [0.15, 0.2) is 62.6 Å². The van der Waals surface area contributed by atoms with Crippen molar-refractivity contribution in [2.24, 2.45) is 0 Å². The molecule has 0 aliphatic rings. The molecule has 0 bridgehead atoms. The molecule has 0 fully saturated rings. The van der Waals surface area contributed by atoms with Crippen LogP contribution < -0.4 is 15.7 Å². The standard InChI is InChI=1S/C20H21NO5S/c1-13(14-4-7-17(8-5-14)27(3,23)24)21-12-15-10-20(22)26-19-11-16(25-2)6-9-18(15)19/h4-11,13,21H,12H2,1-3H3/t13-/m0/s1. The summed E-state index contributed by atoms with van der Waals surface area (Å²) in [6.45, 7) is 2.44. The summed E-state index contributed by atoms with van der Waals surface area (Å²) in [7, 11) is -1.65. The molecule has 3 aromatic rings. The molecule has 1 atom stereocenters. The molecule has 0 unspecified atom stereocenters. The van der Waals surface area contributed by atoms with Gasteiger partial charge in [-0.15, -0.1) is 0 Å². The smallest absolute Gasteiger partial charge is 0.336 e. The molecule has 1 N–H and O–H groups in total. The maximum absolute atomic E-state index is 11.9. The van der Waals surface area contributed by atoms with Crippen LogP contribution in [0.5, 0.6) is 5.75 Å². The molecule has 7 heteroatoms. The van der Waals surface area contributed by atoms with E-state index in [0.29, 0.717) is 22.8 Å². The second kappa shape index (κ2) is 7.54. The number of nitrogens with one attached hydrogen (secondary N) is 1. The number of hydrogen-bond donors (Lipinski definition) is 1. The van der Waals surface area contributed by atoms with Crippen molar-refractivity contribution in [3.63, 3.8) is 0 Å². The molecule has 1 heterocycles. The quantitative estimate of drug-likeness (QED) is 0.654. The van der Waals surface area contributed by atoms with Crippen LogP contribution in [0.4, 0.5) is 0 Å². The fourth-order valence-electron chi connectivity index (χ4n) is 2.87. The van der Waals surface area contributed by atoms with Crippen LogP contribution in [-0.4, -0.2) is 21.8 Å². The molecule has 0 radical (unpaired) electrons. The summed E-state index contributed by atoms with van der Waals surface area (Å²) in [6, 6.07) is 13.6. The number of benzene rings is 2. The second-order valence-electron chi connectivity index (χ2n) is 6.40. The van der Waals surface area contributed by atoms with Gasteiger partial charge < -0.3 is 14.5 Å². The first kappa shape index (κ1) is 19.1. The van der Waals surface area contributed by atoms with Gasteiger partial charge in [-0.25, -0.2) is 13.2 Å². The van der Waals surface area contributed by atoms with Crippen LogP contribution >= 0.6 is 0 Å². The Balaban J connectivity index is 1.81. The van der Waals surface area contributed by atoms with Gasteiger partial charge in [0, 0.05) is 36.4 Å². The molecule has 0 aliphatic carbocycles. The molecule has 0 spiro atoms. The lowest BCUT2D eigenvalue weighted by atomic mass is 10.1. The third-order valence-electron chi connectivity index (χ3n) is 4.44. The molecule has 0 saturated heterocycles. The number of methoxy groups -OCH3 is 1. The van der Waals surface area contributed by atoms with Crippen molar-refractivity contribution in [2.45, 2.75) is 24.4 Å². The Hall–Kier alpha value is -2.64. The Kier molecular flexibility index (Phi) is 5.34. The average Bonchev–Trinajstić information content (AvgIpc) is 2.64. The minimum Gasteiger partial charge on any atom is -0.497 e. The van der Waals surface area contributed by atoms with Crippen molar-refractivity contribution in [3.05, 3.63) is 70.1 Å². The number of ether oxygens (including phenoxy) is 1. The summed E-state index contributed by atoms with van der Waals surface area (Å²) in [5, 5.41) is 4.20. The molecule has 0 aliphatic heterocycles. The van der Waals surface area contributed by atoms with Crippen LogP contribution in [0.2, 0.25) is 0 Å². The fourth-order valence-corrected chi connectivity index (χ4v) is 3.50. The van der Waals surface area contributed by atoms with Crippen molar-refractivity contribution in [1.82, 2.24) is 5.32 Å². The van der Waals surface area contributed by atoms with Gasteiger partial charge in [0.05, 0.1) is 12.0 Å². The topological polar surface area (TPSA) is 85.6 Å². The summed E-state index contributed by atoms with van der Waals surface area (Å²) in [5.41, 5.74) is 1.83. The minimum atomic E-state index is -3.21. The number of hydrogen-bond acceptors (Lipinski definition) is 6. The van der Waals surface area contributed by atoms with E-state index in [1.807, 2.05) is 19.1 Å². The van der Waals surface area contributed by atoms with E-state index in [1.54, 1.807) is 37.4 Å². The van der Waals surface area contributed by atoms with Crippen LogP contribution in [-0.2, 0) is 16.4 Å². The normalized spacial score (nSPS) is 12.9. The molecule has 0 amide bonds. The summed E-state index contributed by atoms with van der Waals surface area (Å²) >= 11 is 0. The van der Waals surface area contributed by atoms with Gasteiger partial charge in [0.1, 0.15) is 11.3 Å². The molecule has 6 nitrogen and oxygen atoms in total. The van der Waals surface area contributed by atoms with Crippen LogP contribution in [0.3, 0.4) is 0 Å². The van der Waals surface area contributed by atoms with Gasteiger partial charge in [0.25, 0.3) is 0 Å². The van der Waals surface area contributed by atoms with E-state index in [0.717, 1.165) is 16.5 Å². The highest BCUT2D eigenvalue weighted by Crippen LogP contribution is 2.23. The first-order valence-corrected chi connectivity index (χ1v) is 10.3. The van der Waals surface area contributed by atoms with Gasteiger partial charge >= 0.3 is 5.63 Å².